The minimum Gasteiger partial charge on any atom is -0.494 e. The first-order valence-electron chi connectivity index (χ1n) is 18.6. The largest absolute Gasteiger partial charge is 0.494 e. The quantitative estimate of drug-likeness (QED) is 0.107. The average molecular weight is 799 g/mol. The van der Waals surface area contributed by atoms with Gasteiger partial charge in [-0.3, -0.25) is 24.5 Å². The van der Waals surface area contributed by atoms with Crippen molar-refractivity contribution in [1.29, 1.82) is 0 Å². The number of imide groups is 1. The number of aryl methyl sites for hydroxylation is 1. The fraction of sp³-hybridized carbons (Fsp3) is 0.350. The van der Waals surface area contributed by atoms with Crippen molar-refractivity contribution >= 4 is 76.5 Å². The second-order valence-electron chi connectivity index (χ2n) is 14.6. The SMILES string of the molecule is COc1cc(N2CCC(NC(=O)CCc3cccc4c3CN(C3CCC(=O)NC3=O)C4=O)CC2)ccc1Nc1ncc(Cl)c(Nc2ccccc2P(C)(C)=O)n1. The summed E-state index contributed by atoms with van der Waals surface area (Å²) in [5.41, 5.74) is 4.60. The van der Waals surface area contributed by atoms with Crippen molar-refractivity contribution in [1.82, 2.24) is 25.5 Å². The number of ether oxygens (including phenoxy) is 1. The van der Waals surface area contributed by atoms with Crippen LogP contribution in [0.25, 0.3) is 0 Å². The van der Waals surface area contributed by atoms with Gasteiger partial charge >= 0.3 is 0 Å². The Balaban J connectivity index is 0.920. The second-order valence-corrected chi connectivity index (χ2v) is 18.2. The number of fused-ring (bicyclic) bond motifs is 1. The van der Waals surface area contributed by atoms with Crippen molar-refractivity contribution in [2.75, 3.05) is 49.1 Å². The van der Waals surface area contributed by atoms with E-state index in [9.17, 15) is 23.7 Å². The third-order valence-corrected chi connectivity index (χ3v) is 12.3. The zero-order valence-corrected chi connectivity index (χ0v) is 33.1. The van der Waals surface area contributed by atoms with Gasteiger partial charge in [-0.2, -0.15) is 4.98 Å². The predicted molar refractivity (Wildman–Crippen MR) is 216 cm³/mol. The summed E-state index contributed by atoms with van der Waals surface area (Å²) in [5.74, 6) is 0.231. The summed E-state index contributed by atoms with van der Waals surface area (Å²) in [6.07, 6.45) is 4.29. The van der Waals surface area contributed by atoms with E-state index in [0.717, 1.165) is 42.7 Å². The number of aromatic nitrogens is 2. The van der Waals surface area contributed by atoms with Gasteiger partial charge in [0.25, 0.3) is 5.91 Å². The van der Waals surface area contributed by atoms with Crippen LogP contribution in [-0.4, -0.2) is 84.1 Å². The van der Waals surface area contributed by atoms with Gasteiger partial charge in [-0.15, -0.1) is 0 Å². The van der Waals surface area contributed by atoms with Crippen molar-refractivity contribution in [3.63, 3.8) is 0 Å². The first-order valence-corrected chi connectivity index (χ1v) is 21.5. The van der Waals surface area contributed by atoms with Gasteiger partial charge in [-0.05, 0) is 80.5 Å². The van der Waals surface area contributed by atoms with Crippen LogP contribution in [-0.2, 0) is 31.9 Å². The molecule has 292 valence electrons. The van der Waals surface area contributed by atoms with E-state index >= 15 is 0 Å². The number of hydrogen-bond donors (Lipinski definition) is 4. The molecule has 0 bridgehead atoms. The van der Waals surface area contributed by atoms with E-state index < -0.39 is 19.1 Å². The van der Waals surface area contributed by atoms with Crippen molar-refractivity contribution in [3.05, 3.63) is 88.6 Å². The van der Waals surface area contributed by atoms with E-state index in [1.54, 1.807) is 26.5 Å². The summed E-state index contributed by atoms with van der Waals surface area (Å²) in [7, 11) is -0.966. The maximum atomic E-state index is 13.2. The van der Waals surface area contributed by atoms with Crippen LogP contribution in [0.3, 0.4) is 0 Å². The zero-order valence-electron chi connectivity index (χ0n) is 31.4. The lowest BCUT2D eigenvalue weighted by Gasteiger charge is -2.34. The van der Waals surface area contributed by atoms with E-state index in [1.165, 1.54) is 11.1 Å². The summed E-state index contributed by atoms with van der Waals surface area (Å²) in [6, 6.07) is 18.1. The molecule has 1 atom stereocenters. The molecule has 3 aromatic carbocycles. The maximum absolute atomic E-state index is 13.2. The van der Waals surface area contributed by atoms with Crippen LogP contribution < -0.4 is 36.2 Å². The molecule has 56 heavy (non-hydrogen) atoms. The molecule has 3 aliphatic heterocycles. The first kappa shape index (κ1) is 38.8. The Morgan fingerprint density at radius 3 is 2.54 bits per heavy atom. The Morgan fingerprint density at radius 2 is 1.79 bits per heavy atom. The number of methoxy groups -OCH3 is 1. The van der Waals surface area contributed by atoms with Crippen molar-refractivity contribution in [3.8, 4) is 5.75 Å². The number of para-hydroxylation sites is 1. The van der Waals surface area contributed by atoms with Gasteiger partial charge in [-0.25, -0.2) is 4.98 Å². The number of carbonyl (C=O) groups excluding carboxylic acids is 4. The van der Waals surface area contributed by atoms with E-state index in [1.807, 2.05) is 54.6 Å². The van der Waals surface area contributed by atoms with Gasteiger partial charge in [0.2, 0.25) is 23.7 Å². The Bertz CT molecular complexity index is 2240. The number of nitrogens with one attached hydrogen (secondary N) is 4. The number of piperidine rings is 2. The fourth-order valence-corrected chi connectivity index (χ4v) is 8.80. The molecule has 4 N–H and O–H groups in total. The molecule has 0 saturated carbocycles. The molecule has 0 aliphatic carbocycles. The molecule has 4 amide bonds. The topological polar surface area (TPSA) is 175 Å². The number of halogens is 1. The van der Waals surface area contributed by atoms with Gasteiger partial charge in [0.15, 0.2) is 5.82 Å². The van der Waals surface area contributed by atoms with Crippen LogP contribution in [0.15, 0.2) is 66.9 Å². The maximum Gasteiger partial charge on any atom is 0.255 e. The minimum absolute atomic E-state index is 0.0334. The summed E-state index contributed by atoms with van der Waals surface area (Å²) in [4.78, 5) is 63.1. The van der Waals surface area contributed by atoms with E-state index in [0.29, 0.717) is 57.6 Å². The van der Waals surface area contributed by atoms with Crippen LogP contribution >= 0.6 is 18.7 Å². The Hall–Kier alpha value is -5.46. The molecule has 3 aliphatic rings. The highest BCUT2D eigenvalue weighted by Gasteiger charge is 2.39. The molecule has 0 radical (unpaired) electrons. The molecule has 16 heteroatoms. The van der Waals surface area contributed by atoms with Crippen LogP contribution in [0.5, 0.6) is 5.75 Å². The minimum atomic E-state index is -2.57. The lowest BCUT2D eigenvalue weighted by Crippen LogP contribution is -2.52. The molecule has 1 unspecified atom stereocenters. The Morgan fingerprint density at radius 1 is 1.00 bits per heavy atom. The number of carbonyl (C=O) groups is 4. The first-order chi connectivity index (χ1) is 26.9. The van der Waals surface area contributed by atoms with E-state index in [-0.39, 0.29) is 43.1 Å². The highest BCUT2D eigenvalue weighted by Crippen LogP contribution is 2.39. The number of amides is 4. The van der Waals surface area contributed by atoms with Gasteiger partial charge < -0.3 is 35.1 Å². The molecule has 1 aromatic heterocycles. The van der Waals surface area contributed by atoms with Crippen molar-refractivity contribution in [2.45, 2.75) is 57.2 Å². The molecule has 14 nitrogen and oxygen atoms in total. The van der Waals surface area contributed by atoms with Crippen molar-refractivity contribution in [2.24, 2.45) is 0 Å². The lowest BCUT2D eigenvalue weighted by molar-refractivity contribution is -0.137. The molecular weight excluding hydrogens is 755 g/mol. The summed E-state index contributed by atoms with van der Waals surface area (Å²) in [6.45, 7) is 5.19. The summed E-state index contributed by atoms with van der Waals surface area (Å²) >= 11 is 6.45. The molecule has 0 spiro atoms. The zero-order chi connectivity index (χ0) is 39.6. The highest BCUT2D eigenvalue weighted by atomic mass is 35.5. The highest BCUT2D eigenvalue weighted by molar-refractivity contribution is 7.70. The van der Waals surface area contributed by atoms with E-state index in [2.05, 4.69) is 36.1 Å². The molecule has 4 aromatic rings. The molecule has 2 saturated heterocycles. The third-order valence-electron chi connectivity index (χ3n) is 10.4. The number of benzene rings is 3. The van der Waals surface area contributed by atoms with Gasteiger partial charge in [0.1, 0.15) is 24.0 Å². The molecular formula is C40H44ClN8O6P. The monoisotopic (exact) mass is 798 g/mol. The summed E-state index contributed by atoms with van der Waals surface area (Å²) in [5, 5.41) is 13.0. The van der Waals surface area contributed by atoms with Crippen LogP contribution in [0.4, 0.5) is 28.8 Å². The normalized spacial score (nSPS) is 17.4. The Kier molecular flexibility index (Phi) is 11.3. The Labute approximate surface area is 330 Å². The second kappa shape index (κ2) is 16.3. The number of hydrogen-bond acceptors (Lipinski definition) is 11. The summed E-state index contributed by atoms with van der Waals surface area (Å²) < 4.78 is 18.6. The van der Waals surface area contributed by atoms with Gasteiger partial charge in [0, 0.05) is 61.1 Å². The molecule has 4 heterocycles. The number of rotatable bonds is 12. The number of anilines is 5. The third kappa shape index (κ3) is 8.51. The van der Waals surface area contributed by atoms with Gasteiger partial charge in [0.05, 0.1) is 24.7 Å². The van der Waals surface area contributed by atoms with E-state index in [4.69, 9.17) is 16.3 Å². The standard InChI is InChI=1S/C40H44ClN8O6P/c1-55-33-21-26(12-13-30(33)45-40-42-22-29(41)37(47-40)44-31-9-4-5-10-34(31)56(2,3)54)48-19-17-25(18-20-48)43-35(50)15-11-24-7-6-8-27-28(24)23-49(39(27)53)32-14-16-36(51)46-38(32)52/h4-10,12-13,21-22,25,32H,11,14-20,23H2,1-3H3,(H,43,50)(H,46,51,52)(H2,42,44,45,47). The van der Waals surface area contributed by atoms with Crippen LogP contribution in [0.2, 0.25) is 5.02 Å². The lowest BCUT2D eigenvalue weighted by atomic mass is 9.99. The smallest absolute Gasteiger partial charge is 0.255 e. The van der Waals surface area contributed by atoms with Crippen LogP contribution in [0.1, 0.15) is 53.6 Å². The molecule has 7 rings (SSSR count). The molecule has 2 fully saturated rings. The fourth-order valence-electron chi connectivity index (χ4n) is 7.51. The number of nitrogens with zero attached hydrogens (tertiary/aromatic N) is 4. The van der Waals surface area contributed by atoms with Gasteiger partial charge in [-0.1, -0.05) is 35.9 Å². The average Bonchev–Trinajstić information content (AvgIpc) is 3.51. The van der Waals surface area contributed by atoms with Crippen LogP contribution in [0, 0.1) is 0 Å². The predicted octanol–water partition coefficient (Wildman–Crippen LogP) is 5.35. The van der Waals surface area contributed by atoms with Crippen molar-refractivity contribution < 1.29 is 28.5 Å².